The lowest BCUT2D eigenvalue weighted by Crippen LogP contribution is -2.39. The molecular weight excluding hydrogens is 262 g/mol. The third kappa shape index (κ3) is 2.20. The number of oxazole rings is 1. The normalized spacial score (nSPS) is 17.8. The summed E-state index contributed by atoms with van der Waals surface area (Å²) < 4.78 is 10.2. The third-order valence-electron chi connectivity index (χ3n) is 3.56. The highest BCUT2D eigenvalue weighted by atomic mass is 16.5. The molecular formula is C13H15N3O4. The zero-order valence-electron chi connectivity index (χ0n) is 11.0. The van der Waals surface area contributed by atoms with E-state index in [4.69, 9.17) is 8.94 Å². The van der Waals surface area contributed by atoms with Crippen LogP contribution in [-0.4, -0.2) is 27.2 Å². The van der Waals surface area contributed by atoms with Crippen molar-refractivity contribution in [2.24, 2.45) is 0 Å². The van der Waals surface area contributed by atoms with E-state index in [0.29, 0.717) is 24.2 Å². The number of nitrogens with one attached hydrogen (secondary N) is 1. The van der Waals surface area contributed by atoms with Crippen LogP contribution in [0.2, 0.25) is 0 Å². The Morgan fingerprint density at radius 3 is 3.15 bits per heavy atom. The molecule has 1 aliphatic rings. The molecule has 0 aliphatic heterocycles. The van der Waals surface area contributed by atoms with Gasteiger partial charge in [0.25, 0.3) is 5.91 Å². The Labute approximate surface area is 115 Å². The predicted molar refractivity (Wildman–Crippen MR) is 66.9 cm³/mol. The van der Waals surface area contributed by atoms with Gasteiger partial charge in [-0.25, -0.2) is 4.98 Å². The summed E-state index contributed by atoms with van der Waals surface area (Å²) in [5.74, 6) is 0.773. The average molecular weight is 277 g/mol. The summed E-state index contributed by atoms with van der Waals surface area (Å²) in [6.07, 6.45) is 3.33. The van der Waals surface area contributed by atoms with Gasteiger partial charge in [0.05, 0.1) is 12.3 Å². The summed E-state index contributed by atoms with van der Waals surface area (Å²) >= 11 is 0. The van der Waals surface area contributed by atoms with Crippen molar-refractivity contribution in [2.45, 2.75) is 38.8 Å². The van der Waals surface area contributed by atoms with E-state index in [1.807, 2.05) is 0 Å². The van der Waals surface area contributed by atoms with E-state index < -0.39 is 0 Å². The lowest BCUT2D eigenvalue weighted by atomic mass is 9.92. The molecule has 2 N–H and O–H groups in total. The molecule has 3 rings (SSSR count). The monoisotopic (exact) mass is 277 g/mol. The Morgan fingerprint density at radius 2 is 2.45 bits per heavy atom. The van der Waals surface area contributed by atoms with Crippen LogP contribution in [0.3, 0.4) is 0 Å². The maximum atomic E-state index is 12.1. The molecule has 7 heteroatoms. The van der Waals surface area contributed by atoms with E-state index in [2.05, 4.69) is 15.5 Å². The van der Waals surface area contributed by atoms with Gasteiger partial charge in [-0.1, -0.05) is 5.16 Å². The fourth-order valence-electron chi connectivity index (χ4n) is 2.48. The Kier molecular flexibility index (Phi) is 3.27. The second kappa shape index (κ2) is 5.09. The first-order chi connectivity index (χ1) is 9.69. The molecule has 0 saturated carbocycles. The molecule has 0 bridgehead atoms. The molecule has 20 heavy (non-hydrogen) atoms. The van der Waals surface area contributed by atoms with Crippen LogP contribution >= 0.6 is 0 Å². The minimum atomic E-state index is -0.268. The number of fused-ring (bicyclic) bond motifs is 1. The fraction of sp³-hybridized carbons (Fsp3) is 0.462. The van der Waals surface area contributed by atoms with Crippen molar-refractivity contribution < 1.29 is 18.8 Å². The van der Waals surface area contributed by atoms with Crippen molar-refractivity contribution in [1.82, 2.24) is 15.5 Å². The molecule has 0 fully saturated rings. The number of rotatable bonds is 3. The van der Waals surface area contributed by atoms with Crippen LogP contribution in [0.15, 0.2) is 15.3 Å². The molecule has 2 aromatic rings. The van der Waals surface area contributed by atoms with Gasteiger partial charge >= 0.3 is 0 Å². The molecule has 1 amide bonds. The van der Waals surface area contributed by atoms with Crippen LogP contribution in [0.25, 0.3) is 0 Å². The molecule has 0 aromatic carbocycles. The van der Waals surface area contributed by atoms with E-state index in [1.54, 1.807) is 6.92 Å². The fourth-order valence-corrected chi connectivity index (χ4v) is 2.48. The van der Waals surface area contributed by atoms with Crippen molar-refractivity contribution in [3.63, 3.8) is 0 Å². The number of aliphatic hydroxyl groups excluding tert-OH is 1. The van der Waals surface area contributed by atoms with Crippen LogP contribution in [0, 0.1) is 6.92 Å². The highest BCUT2D eigenvalue weighted by Crippen LogP contribution is 2.24. The maximum absolute atomic E-state index is 12.1. The zero-order valence-corrected chi connectivity index (χ0v) is 11.0. The molecule has 1 aliphatic carbocycles. The highest BCUT2D eigenvalue weighted by molar-refractivity contribution is 5.92. The van der Waals surface area contributed by atoms with Gasteiger partial charge in [0.15, 0.2) is 6.39 Å². The van der Waals surface area contributed by atoms with Gasteiger partial charge in [0.1, 0.15) is 11.5 Å². The SMILES string of the molecule is Cc1ncoc1C(=O)NC1CCc2onc(CO)c2C1. The van der Waals surface area contributed by atoms with Crippen molar-refractivity contribution in [3.05, 3.63) is 34.9 Å². The molecule has 2 heterocycles. The smallest absolute Gasteiger partial charge is 0.289 e. The minimum Gasteiger partial charge on any atom is -0.438 e. The molecule has 2 aromatic heterocycles. The molecule has 0 saturated heterocycles. The van der Waals surface area contributed by atoms with Gasteiger partial charge in [-0.15, -0.1) is 0 Å². The number of carbonyl (C=O) groups is 1. The first-order valence-electron chi connectivity index (χ1n) is 6.47. The van der Waals surface area contributed by atoms with Crippen molar-refractivity contribution in [2.75, 3.05) is 0 Å². The number of hydrogen-bond donors (Lipinski definition) is 2. The van der Waals surface area contributed by atoms with Crippen LogP contribution in [0.1, 0.15) is 39.7 Å². The molecule has 0 spiro atoms. The maximum Gasteiger partial charge on any atom is 0.289 e. The lowest BCUT2D eigenvalue weighted by Gasteiger charge is -2.22. The summed E-state index contributed by atoms with van der Waals surface area (Å²) in [4.78, 5) is 16.0. The summed E-state index contributed by atoms with van der Waals surface area (Å²) in [6.45, 7) is 1.57. The summed E-state index contributed by atoms with van der Waals surface area (Å²) in [5.41, 5.74) is 2.02. The van der Waals surface area contributed by atoms with Crippen LogP contribution in [0.5, 0.6) is 0 Å². The summed E-state index contributed by atoms with van der Waals surface area (Å²) in [7, 11) is 0. The highest BCUT2D eigenvalue weighted by Gasteiger charge is 2.27. The average Bonchev–Trinajstić information content (AvgIpc) is 3.04. The number of aliphatic hydroxyl groups is 1. The van der Waals surface area contributed by atoms with Gasteiger partial charge in [-0.05, 0) is 19.8 Å². The lowest BCUT2D eigenvalue weighted by molar-refractivity contribution is 0.0903. The van der Waals surface area contributed by atoms with E-state index in [0.717, 1.165) is 17.7 Å². The van der Waals surface area contributed by atoms with E-state index in [-0.39, 0.29) is 24.3 Å². The largest absolute Gasteiger partial charge is 0.438 e. The molecule has 1 atom stereocenters. The number of aryl methyl sites for hydroxylation is 2. The van der Waals surface area contributed by atoms with Gasteiger partial charge in [-0.3, -0.25) is 4.79 Å². The van der Waals surface area contributed by atoms with Gasteiger partial charge < -0.3 is 19.4 Å². The Hall–Kier alpha value is -2.15. The quantitative estimate of drug-likeness (QED) is 0.858. The number of hydrogen-bond acceptors (Lipinski definition) is 6. The molecule has 0 radical (unpaired) electrons. The van der Waals surface area contributed by atoms with Gasteiger partial charge in [-0.2, -0.15) is 0 Å². The topological polar surface area (TPSA) is 101 Å². The first kappa shape index (κ1) is 12.9. The second-order valence-electron chi connectivity index (χ2n) is 4.87. The van der Waals surface area contributed by atoms with E-state index in [1.165, 1.54) is 6.39 Å². The molecule has 1 unspecified atom stereocenters. The second-order valence-corrected chi connectivity index (χ2v) is 4.87. The van der Waals surface area contributed by atoms with Crippen LogP contribution in [0.4, 0.5) is 0 Å². The summed E-state index contributed by atoms with van der Waals surface area (Å²) in [5, 5.41) is 16.0. The number of carbonyl (C=O) groups excluding carboxylic acids is 1. The van der Waals surface area contributed by atoms with Crippen LogP contribution in [-0.2, 0) is 19.4 Å². The number of aromatic nitrogens is 2. The van der Waals surface area contributed by atoms with E-state index in [9.17, 15) is 9.90 Å². The van der Waals surface area contributed by atoms with Crippen molar-refractivity contribution in [3.8, 4) is 0 Å². The minimum absolute atomic E-state index is 0.0239. The number of nitrogens with zero attached hydrogens (tertiary/aromatic N) is 2. The van der Waals surface area contributed by atoms with Gasteiger partial charge in [0, 0.05) is 18.0 Å². The standard InChI is InChI=1S/C13H15N3O4/c1-7-12(19-6-14-7)13(18)15-8-2-3-11-9(4-8)10(5-17)16-20-11/h6,8,17H,2-5H2,1H3,(H,15,18). The Bertz CT molecular complexity index is 618. The third-order valence-corrected chi connectivity index (χ3v) is 3.56. The zero-order chi connectivity index (χ0) is 14.1. The summed E-state index contributed by atoms with van der Waals surface area (Å²) in [6, 6.07) is -0.0239. The van der Waals surface area contributed by atoms with Crippen molar-refractivity contribution >= 4 is 5.91 Å². The van der Waals surface area contributed by atoms with Gasteiger partial charge in [0.2, 0.25) is 5.76 Å². The Balaban J connectivity index is 1.71. The number of amides is 1. The first-order valence-corrected chi connectivity index (χ1v) is 6.47. The van der Waals surface area contributed by atoms with E-state index >= 15 is 0 Å². The Morgan fingerprint density at radius 1 is 1.60 bits per heavy atom. The molecule has 106 valence electrons. The van der Waals surface area contributed by atoms with Crippen LogP contribution < -0.4 is 5.32 Å². The molecule has 7 nitrogen and oxygen atoms in total. The predicted octanol–water partition coefficient (Wildman–Crippen LogP) is 0.751. The van der Waals surface area contributed by atoms with Crippen molar-refractivity contribution in [1.29, 1.82) is 0 Å².